The number of hydrogen-bond donors (Lipinski definition) is 1. The summed E-state index contributed by atoms with van der Waals surface area (Å²) in [5.74, 6) is -0.107. The minimum absolute atomic E-state index is 0.0962. The summed E-state index contributed by atoms with van der Waals surface area (Å²) < 4.78 is 0. The van der Waals surface area contributed by atoms with Gasteiger partial charge in [-0.2, -0.15) is 0 Å². The molecular weight excluding hydrogens is 240 g/mol. The Morgan fingerprint density at radius 2 is 1.95 bits per heavy atom. The smallest absolute Gasteiger partial charge is 0.323 e. The molecular formula is C15H20N2O2. The van der Waals surface area contributed by atoms with Crippen LogP contribution < -0.4 is 4.90 Å². The Bertz CT molecular complexity index is 441. The van der Waals surface area contributed by atoms with E-state index in [-0.39, 0.29) is 6.54 Å². The molecule has 0 aliphatic carbocycles. The van der Waals surface area contributed by atoms with E-state index in [1.54, 1.807) is 0 Å². The fourth-order valence-electron chi connectivity index (χ4n) is 3.45. The molecule has 1 aromatic rings. The molecule has 3 aliphatic rings. The van der Waals surface area contributed by atoms with Gasteiger partial charge in [0.05, 0.1) is 0 Å². The van der Waals surface area contributed by atoms with Crippen molar-refractivity contribution in [3.8, 4) is 0 Å². The second kappa shape index (κ2) is 5.21. The predicted octanol–water partition coefficient (Wildman–Crippen LogP) is 1.67. The van der Waals surface area contributed by atoms with Crippen LogP contribution in [-0.4, -0.2) is 48.2 Å². The highest BCUT2D eigenvalue weighted by Crippen LogP contribution is 2.33. The Hall–Kier alpha value is -1.55. The maximum absolute atomic E-state index is 11.2. The normalized spacial score (nSPS) is 29.2. The number of nitrogens with zero attached hydrogens (tertiary/aromatic N) is 2. The Kier molecular flexibility index (Phi) is 3.42. The van der Waals surface area contributed by atoms with Gasteiger partial charge < -0.3 is 14.9 Å². The number of carboxylic acids is 1. The molecule has 0 spiro atoms. The molecule has 0 aromatic heterocycles. The van der Waals surface area contributed by atoms with E-state index in [1.165, 1.54) is 25.9 Å². The molecule has 2 bridgehead atoms. The monoisotopic (exact) mass is 260 g/mol. The van der Waals surface area contributed by atoms with Crippen LogP contribution in [0.1, 0.15) is 12.8 Å². The van der Waals surface area contributed by atoms with Gasteiger partial charge in [0.25, 0.3) is 0 Å². The van der Waals surface area contributed by atoms with E-state index in [2.05, 4.69) is 9.80 Å². The molecule has 3 heterocycles. The van der Waals surface area contributed by atoms with Gasteiger partial charge in [-0.1, -0.05) is 18.2 Å². The van der Waals surface area contributed by atoms with Crippen molar-refractivity contribution in [2.75, 3.05) is 31.1 Å². The molecule has 4 nitrogen and oxygen atoms in total. The number of carboxylic acid groups (broad SMARTS) is 1. The first-order valence-electron chi connectivity index (χ1n) is 7.00. The van der Waals surface area contributed by atoms with Crippen molar-refractivity contribution in [1.82, 2.24) is 4.90 Å². The molecule has 3 saturated heterocycles. The Morgan fingerprint density at radius 3 is 2.47 bits per heavy atom. The number of fused-ring (bicyclic) bond motifs is 3. The third-order valence-electron chi connectivity index (χ3n) is 4.42. The number of anilines is 1. The van der Waals surface area contributed by atoms with Crippen LogP contribution in [-0.2, 0) is 4.79 Å². The quantitative estimate of drug-likeness (QED) is 0.894. The summed E-state index contributed by atoms with van der Waals surface area (Å²) >= 11 is 0. The average Bonchev–Trinajstić information content (AvgIpc) is 2.47. The highest BCUT2D eigenvalue weighted by molar-refractivity contribution is 5.74. The molecule has 0 amide bonds. The lowest BCUT2D eigenvalue weighted by molar-refractivity contribution is -0.135. The minimum atomic E-state index is -0.750. The van der Waals surface area contributed by atoms with Crippen molar-refractivity contribution < 1.29 is 9.90 Å². The topological polar surface area (TPSA) is 43.8 Å². The van der Waals surface area contributed by atoms with Gasteiger partial charge in [-0.3, -0.25) is 4.79 Å². The molecule has 4 heteroatoms. The maximum atomic E-state index is 11.2. The van der Waals surface area contributed by atoms with Crippen LogP contribution in [0, 0.1) is 5.92 Å². The zero-order valence-corrected chi connectivity index (χ0v) is 11.0. The number of para-hydroxylation sites is 1. The molecule has 3 fully saturated rings. The van der Waals surface area contributed by atoms with Crippen LogP contribution in [0.25, 0.3) is 0 Å². The Labute approximate surface area is 113 Å². The van der Waals surface area contributed by atoms with Gasteiger partial charge in [0.1, 0.15) is 6.54 Å². The van der Waals surface area contributed by atoms with Crippen molar-refractivity contribution in [2.24, 2.45) is 5.92 Å². The van der Waals surface area contributed by atoms with Crippen LogP contribution in [0.3, 0.4) is 0 Å². The summed E-state index contributed by atoms with van der Waals surface area (Å²) in [5, 5.41) is 9.19. The van der Waals surface area contributed by atoms with Gasteiger partial charge in [0.15, 0.2) is 0 Å². The second-order valence-electron chi connectivity index (χ2n) is 5.56. The van der Waals surface area contributed by atoms with E-state index in [0.29, 0.717) is 12.0 Å². The number of benzene rings is 1. The largest absolute Gasteiger partial charge is 0.480 e. The van der Waals surface area contributed by atoms with Crippen molar-refractivity contribution in [3.63, 3.8) is 0 Å². The minimum Gasteiger partial charge on any atom is -0.480 e. The lowest BCUT2D eigenvalue weighted by atomic mass is 9.83. The second-order valence-corrected chi connectivity index (χ2v) is 5.56. The molecule has 1 atom stereocenters. The fourth-order valence-corrected chi connectivity index (χ4v) is 3.45. The van der Waals surface area contributed by atoms with E-state index >= 15 is 0 Å². The third kappa shape index (κ3) is 2.59. The van der Waals surface area contributed by atoms with E-state index in [9.17, 15) is 9.90 Å². The van der Waals surface area contributed by atoms with Crippen LogP contribution in [0.5, 0.6) is 0 Å². The highest BCUT2D eigenvalue weighted by Gasteiger charge is 2.38. The van der Waals surface area contributed by atoms with Crippen LogP contribution in [0.2, 0.25) is 0 Å². The van der Waals surface area contributed by atoms with Crippen molar-refractivity contribution >= 4 is 11.7 Å². The van der Waals surface area contributed by atoms with Crippen LogP contribution in [0.4, 0.5) is 5.69 Å². The fraction of sp³-hybridized carbons (Fsp3) is 0.533. The van der Waals surface area contributed by atoms with Gasteiger partial charge >= 0.3 is 5.97 Å². The summed E-state index contributed by atoms with van der Waals surface area (Å²) in [6, 6.07) is 10.3. The SMILES string of the molecule is O=C(O)CN(c1ccccc1)C1CN2CCC1CC2. The summed E-state index contributed by atoms with van der Waals surface area (Å²) in [4.78, 5) is 15.7. The van der Waals surface area contributed by atoms with Crippen LogP contribution >= 0.6 is 0 Å². The van der Waals surface area contributed by atoms with Crippen molar-refractivity contribution in [1.29, 1.82) is 0 Å². The predicted molar refractivity (Wildman–Crippen MR) is 74.4 cm³/mol. The first kappa shape index (κ1) is 12.5. The lowest BCUT2D eigenvalue weighted by Gasteiger charge is -2.49. The van der Waals surface area contributed by atoms with Gasteiger partial charge in [-0.25, -0.2) is 0 Å². The van der Waals surface area contributed by atoms with Crippen molar-refractivity contribution in [2.45, 2.75) is 18.9 Å². The summed E-state index contributed by atoms with van der Waals surface area (Å²) in [5.41, 5.74) is 1.03. The molecule has 4 rings (SSSR count). The summed E-state index contributed by atoms with van der Waals surface area (Å²) in [6.45, 7) is 3.46. The van der Waals surface area contributed by atoms with E-state index < -0.39 is 5.97 Å². The zero-order chi connectivity index (χ0) is 13.2. The third-order valence-corrected chi connectivity index (χ3v) is 4.42. The number of hydrogen-bond acceptors (Lipinski definition) is 3. The number of rotatable bonds is 4. The van der Waals surface area contributed by atoms with Crippen molar-refractivity contribution in [3.05, 3.63) is 30.3 Å². The number of carbonyl (C=O) groups is 1. The molecule has 1 aromatic carbocycles. The van der Waals surface area contributed by atoms with Crippen LogP contribution in [0.15, 0.2) is 30.3 Å². The van der Waals surface area contributed by atoms with Gasteiger partial charge in [0, 0.05) is 18.3 Å². The first-order valence-corrected chi connectivity index (χ1v) is 7.00. The van der Waals surface area contributed by atoms with E-state index in [1.807, 2.05) is 30.3 Å². The maximum Gasteiger partial charge on any atom is 0.323 e. The highest BCUT2D eigenvalue weighted by atomic mass is 16.4. The zero-order valence-electron chi connectivity index (χ0n) is 11.0. The van der Waals surface area contributed by atoms with Gasteiger partial charge in [-0.05, 0) is 44.0 Å². The number of aliphatic carboxylic acids is 1. The molecule has 19 heavy (non-hydrogen) atoms. The number of piperidine rings is 3. The lowest BCUT2D eigenvalue weighted by Crippen LogP contribution is -2.58. The molecule has 0 saturated carbocycles. The van der Waals surface area contributed by atoms with Gasteiger partial charge in [0.2, 0.25) is 0 Å². The Morgan fingerprint density at radius 1 is 1.26 bits per heavy atom. The summed E-state index contributed by atoms with van der Waals surface area (Å²) in [6.07, 6.45) is 2.40. The average molecular weight is 260 g/mol. The van der Waals surface area contributed by atoms with Gasteiger partial charge in [-0.15, -0.1) is 0 Å². The molecule has 1 unspecified atom stereocenters. The standard InChI is InChI=1S/C15H20N2O2/c18-15(19)11-17(13-4-2-1-3-5-13)14-10-16-8-6-12(14)7-9-16/h1-5,12,14H,6-11H2,(H,18,19). The molecule has 3 aliphatic heterocycles. The summed E-state index contributed by atoms with van der Waals surface area (Å²) in [7, 11) is 0. The van der Waals surface area contributed by atoms with E-state index in [4.69, 9.17) is 0 Å². The molecule has 102 valence electrons. The van der Waals surface area contributed by atoms with E-state index in [0.717, 1.165) is 12.2 Å². The molecule has 1 N–H and O–H groups in total. The Balaban J connectivity index is 1.85. The first-order chi connectivity index (χ1) is 9.24. The molecule has 0 radical (unpaired) electrons.